The van der Waals surface area contributed by atoms with E-state index in [0.717, 1.165) is 19.0 Å². The van der Waals surface area contributed by atoms with Gasteiger partial charge in [-0.2, -0.15) is 12.6 Å². The molecule has 46 valence electrons. The topological polar surface area (TPSA) is 9.23 Å². The first-order valence-electron chi connectivity index (χ1n) is 2.78. The SMILES string of the molecule is SCC=CC1COC1. The van der Waals surface area contributed by atoms with Crippen LogP contribution in [-0.4, -0.2) is 19.0 Å². The number of thiol groups is 1. The van der Waals surface area contributed by atoms with E-state index in [2.05, 4.69) is 24.8 Å². The Morgan fingerprint density at radius 1 is 1.62 bits per heavy atom. The zero-order chi connectivity index (χ0) is 5.82. The summed E-state index contributed by atoms with van der Waals surface area (Å²) >= 11 is 4.03. The molecule has 1 aliphatic rings. The van der Waals surface area contributed by atoms with E-state index in [-0.39, 0.29) is 0 Å². The molecule has 0 aromatic heterocycles. The van der Waals surface area contributed by atoms with Crippen molar-refractivity contribution in [2.75, 3.05) is 19.0 Å². The van der Waals surface area contributed by atoms with Crippen LogP contribution in [-0.2, 0) is 4.74 Å². The highest BCUT2D eigenvalue weighted by molar-refractivity contribution is 7.80. The summed E-state index contributed by atoms with van der Waals surface area (Å²) in [6.45, 7) is 1.81. The van der Waals surface area contributed by atoms with Crippen molar-refractivity contribution in [2.45, 2.75) is 0 Å². The summed E-state index contributed by atoms with van der Waals surface area (Å²) in [5, 5.41) is 0. The van der Waals surface area contributed by atoms with Gasteiger partial charge in [-0.25, -0.2) is 0 Å². The van der Waals surface area contributed by atoms with Gasteiger partial charge in [-0.3, -0.25) is 0 Å². The van der Waals surface area contributed by atoms with E-state index in [4.69, 9.17) is 4.74 Å². The lowest BCUT2D eigenvalue weighted by Gasteiger charge is -2.22. The standard InChI is InChI=1S/C6H10OS/c8-3-1-2-6-4-7-5-6/h1-2,6,8H,3-5H2. The molecular weight excluding hydrogens is 120 g/mol. The molecule has 1 heterocycles. The summed E-state index contributed by atoms with van der Waals surface area (Å²) in [6.07, 6.45) is 4.23. The molecule has 1 saturated heterocycles. The highest BCUT2D eigenvalue weighted by Crippen LogP contribution is 2.10. The molecule has 0 N–H and O–H groups in total. The van der Waals surface area contributed by atoms with Crippen LogP contribution >= 0.6 is 12.6 Å². The fraction of sp³-hybridized carbons (Fsp3) is 0.667. The molecule has 0 spiro atoms. The molecule has 1 nitrogen and oxygen atoms in total. The molecule has 1 fully saturated rings. The first kappa shape index (κ1) is 6.17. The third kappa shape index (κ3) is 1.53. The molecule has 0 saturated carbocycles. The minimum Gasteiger partial charge on any atom is -0.380 e. The fourth-order valence-corrected chi connectivity index (χ4v) is 0.740. The molecular formula is C6H10OS. The predicted octanol–water partition coefficient (Wildman–Crippen LogP) is 1.12. The lowest BCUT2D eigenvalue weighted by Crippen LogP contribution is -2.25. The van der Waals surface area contributed by atoms with Crippen LogP contribution < -0.4 is 0 Å². The molecule has 0 radical (unpaired) electrons. The van der Waals surface area contributed by atoms with Gasteiger partial charge in [0.2, 0.25) is 0 Å². The average molecular weight is 130 g/mol. The minimum absolute atomic E-state index is 0.683. The normalized spacial score (nSPS) is 21.6. The van der Waals surface area contributed by atoms with Gasteiger partial charge >= 0.3 is 0 Å². The van der Waals surface area contributed by atoms with Crippen molar-refractivity contribution in [2.24, 2.45) is 5.92 Å². The molecule has 0 aliphatic carbocycles. The van der Waals surface area contributed by atoms with Crippen molar-refractivity contribution in [3.05, 3.63) is 12.2 Å². The third-order valence-electron chi connectivity index (χ3n) is 1.18. The van der Waals surface area contributed by atoms with Crippen molar-refractivity contribution in [3.63, 3.8) is 0 Å². The smallest absolute Gasteiger partial charge is 0.0551 e. The van der Waals surface area contributed by atoms with Gasteiger partial charge in [0.15, 0.2) is 0 Å². The summed E-state index contributed by atoms with van der Waals surface area (Å²) < 4.78 is 4.96. The molecule has 2 heteroatoms. The van der Waals surface area contributed by atoms with Crippen LogP contribution in [0.3, 0.4) is 0 Å². The molecule has 1 aliphatic heterocycles. The molecule has 1 rings (SSSR count). The number of ether oxygens (including phenoxy) is 1. The van der Waals surface area contributed by atoms with E-state index in [1.807, 2.05) is 0 Å². The van der Waals surface area contributed by atoms with E-state index in [1.54, 1.807) is 0 Å². The van der Waals surface area contributed by atoms with Crippen LogP contribution in [0.1, 0.15) is 0 Å². The van der Waals surface area contributed by atoms with Gasteiger partial charge in [0.25, 0.3) is 0 Å². The monoisotopic (exact) mass is 130 g/mol. The van der Waals surface area contributed by atoms with E-state index in [0.29, 0.717) is 5.92 Å². The maximum Gasteiger partial charge on any atom is 0.0551 e. The Balaban J connectivity index is 2.08. The van der Waals surface area contributed by atoms with Crippen molar-refractivity contribution in [1.82, 2.24) is 0 Å². The summed E-state index contributed by atoms with van der Waals surface area (Å²) in [5.74, 6) is 1.53. The lowest BCUT2D eigenvalue weighted by atomic mass is 10.1. The Bertz CT molecular complexity index is 86.5. The molecule has 8 heavy (non-hydrogen) atoms. The fourth-order valence-electron chi connectivity index (χ4n) is 0.618. The Morgan fingerprint density at radius 2 is 2.38 bits per heavy atom. The molecule has 0 bridgehead atoms. The van der Waals surface area contributed by atoms with Crippen LogP contribution in [0.15, 0.2) is 12.2 Å². The molecule has 0 aromatic rings. The quantitative estimate of drug-likeness (QED) is 0.435. The first-order chi connectivity index (χ1) is 3.93. The van der Waals surface area contributed by atoms with E-state index < -0.39 is 0 Å². The second-order valence-corrected chi connectivity index (χ2v) is 2.27. The van der Waals surface area contributed by atoms with E-state index in [1.165, 1.54) is 0 Å². The molecule has 0 aromatic carbocycles. The molecule has 0 atom stereocenters. The Kier molecular flexibility index (Phi) is 2.43. The largest absolute Gasteiger partial charge is 0.380 e. The van der Waals surface area contributed by atoms with E-state index >= 15 is 0 Å². The third-order valence-corrected chi connectivity index (χ3v) is 1.39. The second-order valence-electron chi connectivity index (χ2n) is 1.91. The highest BCUT2D eigenvalue weighted by atomic mass is 32.1. The maximum atomic E-state index is 4.96. The summed E-state index contributed by atoms with van der Waals surface area (Å²) in [7, 11) is 0. The van der Waals surface area contributed by atoms with Gasteiger partial charge in [0.1, 0.15) is 0 Å². The number of hydrogen-bond acceptors (Lipinski definition) is 2. The Morgan fingerprint density at radius 3 is 2.75 bits per heavy atom. The van der Waals surface area contributed by atoms with Crippen molar-refractivity contribution in [3.8, 4) is 0 Å². The summed E-state index contributed by atoms with van der Waals surface area (Å²) in [4.78, 5) is 0. The van der Waals surface area contributed by atoms with Gasteiger partial charge in [0, 0.05) is 11.7 Å². The van der Waals surface area contributed by atoms with Crippen molar-refractivity contribution >= 4 is 12.6 Å². The van der Waals surface area contributed by atoms with Gasteiger partial charge in [-0.1, -0.05) is 12.2 Å². The minimum atomic E-state index is 0.683. The van der Waals surface area contributed by atoms with E-state index in [9.17, 15) is 0 Å². The lowest BCUT2D eigenvalue weighted by molar-refractivity contribution is -0.00770. The van der Waals surface area contributed by atoms with Crippen LogP contribution in [0.4, 0.5) is 0 Å². The number of rotatable bonds is 2. The Hall–Kier alpha value is 0.0500. The average Bonchev–Trinajstić information content (AvgIpc) is 1.63. The summed E-state index contributed by atoms with van der Waals surface area (Å²) in [5.41, 5.74) is 0. The van der Waals surface area contributed by atoms with Crippen LogP contribution in [0, 0.1) is 5.92 Å². The van der Waals surface area contributed by atoms with Crippen LogP contribution in [0.5, 0.6) is 0 Å². The van der Waals surface area contributed by atoms with Crippen molar-refractivity contribution < 1.29 is 4.74 Å². The predicted molar refractivity (Wildman–Crippen MR) is 37.3 cm³/mol. The van der Waals surface area contributed by atoms with Gasteiger partial charge in [-0.15, -0.1) is 0 Å². The highest BCUT2D eigenvalue weighted by Gasteiger charge is 2.13. The molecule has 0 amide bonds. The zero-order valence-corrected chi connectivity index (χ0v) is 5.60. The zero-order valence-electron chi connectivity index (χ0n) is 4.71. The second kappa shape index (κ2) is 3.15. The summed E-state index contributed by atoms with van der Waals surface area (Å²) in [6, 6.07) is 0. The van der Waals surface area contributed by atoms with Crippen LogP contribution in [0.2, 0.25) is 0 Å². The Labute approximate surface area is 55.1 Å². The maximum absolute atomic E-state index is 4.96. The number of hydrogen-bond donors (Lipinski definition) is 1. The van der Waals surface area contributed by atoms with Crippen molar-refractivity contribution in [1.29, 1.82) is 0 Å². The molecule has 0 unspecified atom stereocenters. The van der Waals surface area contributed by atoms with Crippen LogP contribution in [0.25, 0.3) is 0 Å². The van der Waals surface area contributed by atoms with Gasteiger partial charge in [-0.05, 0) is 0 Å². The first-order valence-corrected chi connectivity index (χ1v) is 3.42. The van der Waals surface area contributed by atoms with Gasteiger partial charge in [0.05, 0.1) is 13.2 Å². The van der Waals surface area contributed by atoms with Gasteiger partial charge < -0.3 is 4.74 Å².